The van der Waals surface area contributed by atoms with E-state index in [0.717, 1.165) is 31.8 Å². The lowest BCUT2D eigenvalue weighted by Crippen LogP contribution is -2.42. The van der Waals surface area contributed by atoms with Gasteiger partial charge in [-0.05, 0) is 57.9 Å². The minimum Gasteiger partial charge on any atom is -0.623 e. The number of carbonyl (C=O) groups is 2. The van der Waals surface area contributed by atoms with Crippen LogP contribution >= 0.6 is 12.6 Å². The second kappa shape index (κ2) is 8.36. The van der Waals surface area contributed by atoms with E-state index in [1.807, 2.05) is 57.2 Å². The van der Waals surface area contributed by atoms with Crippen LogP contribution in [0.5, 0.6) is 0 Å². The van der Waals surface area contributed by atoms with Crippen LogP contribution in [0.1, 0.15) is 36.7 Å². The molecule has 7 heteroatoms. The van der Waals surface area contributed by atoms with Crippen molar-refractivity contribution in [3.8, 4) is 0 Å². The topological polar surface area (TPSA) is 92.5 Å². The predicted octanol–water partition coefficient (Wildman–Crippen LogP) is 3.83. The third kappa shape index (κ3) is 4.74. The summed E-state index contributed by atoms with van der Waals surface area (Å²) < 4.78 is 0.929. The van der Waals surface area contributed by atoms with E-state index in [0.29, 0.717) is 5.56 Å². The van der Waals surface area contributed by atoms with Gasteiger partial charge in [0.25, 0.3) is 5.91 Å². The standard InChI is InChI=1S/C23H24N2O4S/c1-23(2,3)25(29)12-14-4-5-15-9-16-6-7-17(10-19(16)11-18(15)8-14)21(26)24-20(13-30)22(27)28/h4-12,20,30H,13H2,1-3H3,(H,24,26)(H,27,28)/b25-12-. The molecular weight excluding hydrogens is 400 g/mol. The largest absolute Gasteiger partial charge is 0.623 e. The molecule has 0 spiro atoms. The van der Waals surface area contributed by atoms with E-state index in [1.165, 1.54) is 0 Å². The van der Waals surface area contributed by atoms with Gasteiger partial charge >= 0.3 is 5.97 Å². The average molecular weight is 425 g/mol. The summed E-state index contributed by atoms with van der Waals surface area (Å²) in [5.41, 5.74) is 0.636. The molecule has 0 radical (unpaired) electrons. The fourth-order valence-corrected chi connectivity index (χ4v) is 3.24. The molecule has 0 aromatic heterocycles. The number of nitrogens with one attached hydrogen (secondary N) is 1. The van der Waals surface area contributed by atoms with Gasteiger partial charge in [-0.1, -0.05) is 12.1 Å². The maximum atomic E-state index is 12.4. The van der Waals surface area contributed by atoms with Crippen LogP contribution in [0.25, 0.3) is 21.5 Å². The first-order valence-corrected chi connectivity index (χ1v) is 10.1. The summed E-state index contributed by atoms with van der Waals surface area (Å²) in [6, 6.07) is 13.9. The van der Waals surface area contributed by atoms with E-state index >= 15 is 0 Å². The number of rotatable bonds is 5. The molecule has 1 amide bonds. The molecule has 156 valence electrons. The first-order chi connectivity index (χ1) is 14.1. The number of benzene rings is 3. The van der Waals surface area contributed by atoms with Crippen LogP contribution in [0.2, 0.25) is 0 Å². The van der Waals surface area contributed by atoms with Gasteiger partial charge in [0.15, 0.2) is 11.8 Å². The zero-order valence-electron chi connectivity index (χ0n) is 17.0. The van der Waals surface area contributed by atoms with Crippen molar-refractivity contribution in [1.82, 2.24) is 5.32 Å². The normalized spacial score (nSPS) is 13.4. The van der Waals surface area contributed by atoms with Crippen LogP contribution in [-0.2, 0) is 4.79 Å². The maximum absolute atomic E-state index is 12.4. The zero-order chi connectivity index (χ0) is 22.1. The monoisotopic (exact) mass is 424 g/mol. The molecule has 0 aliphatic heterocycles. The molecule has 0 saturated heterocycles. The molecule has 2 N–H and O–H groups in total. The molecule has 0 saturated carbocycles. The van der Waals surface area contributed by atoms with Gasteiger partial charge in [0.05, 0.1) is 0 Å². The van der Waals surface area contributed by atoms with Crippen molar-refractivity contribution in [2.45, 2.75) is 32.4 Å². The highest BCUT2D eigenvalue weighted by molar-refractivity contribution is 7.80. The summed E-state index contributed by atoms with van der Waals surface area (Å²) in [7, 11) is 0. The average Bonchev–Trinajstić information content (AvgIpc) is 2.68. The Kier molecular flexibility index (Phi) is 6.03. The number of amides is 1. The molecular formula is C23H24N2O4S. The Balaban J connectivity index is 1.99. The van der Waals surface area contributed by atoms with E-state index in [1.54, 1.807) is 18.3 Å². The van der Waals surface area contributed by atoms with Crippen molar-refractivity contribution >= 4 is 52.3 Å². The van der Waals surface area contributed by atoms with Crippen molar-refractivity contribution in [3.63, 3.8) is 0 Å². The summed E-state index contributed by atoms with van der Waals surface area (Å²) in [5, 5.41) is 27.6. The number of carbonyl (C=O) groups excluding carboxylic acids is 1. The van der Waals surface area contributed by atoms with Gasteiger partial charge in [-0.2, -0.15) is 12.6 Å². The molecule has 3 aromatic carbocycles. The molecule has 3 rings (SSSR count). The van der Waals surface area contributed by atoms with Crippen LogP contribution in [0.4, 0.5) is 0 Å². The number of hydroxylamine groups is 1. The lowest BCUT2D eigenvalue weighted by Gasteiger charge is -2.18. The number of nitrogens with zero attached hydrogens (tertiary/aromatic N) is 1. The molecule has 1 unspecified atom stereocenters. The van der Waals surface area contributed by atoms with Crippen LogP contribution in [0.3, 0.4) is 0 Å². The van der Waals surface area contributed by atoms with Gasteiger partial charge in [0.1, 0.15) is 6.04 Å². The van der Waals surface area contributed by atoms with Gasteiger partial charge in [-0.3, -0.25) is 4.79 Å². The fraction of sp³-hybridized carbons (Fsp3) is 0.261. The second-order valence-corrected chi connectivity index (χ2v) is 8.56. The molecule has 6 nitrogen and oxygen atoms in total. The maximum Gasteiger partial charge on any atom is 0.327 e. The number of hydrogen-bond acceptors (Lipinski definition) is 4. The Morgan fingerprint density at radius 2 is 1.67 bits per heavy atom. The molecule has 1 atom stereocenters. The third-order valence-electron chi connectivity index (χ3n) is 4.80. The molecule has 0 fully saturated rings. The summed E-state index contributed by atoms with van der Waals surface area (Å²) in [6.45, 7) is 5.54. The fourth-order valence-electron chi connectivity index (χ4n) is 2.99. The third-order valence-corrected chi connectivity index (χ3v) is 5.16. The van der Waals surface area contributed by atoms with Crippen LogP contribution in [-0.4, -0.2) is 45.3 Å². The van der Waals surface area contributed by atoms with E-state index in [-0.39, 0.29) is 5.75 Å². The first kappa shape index (κ1) is 21.6. The lowest BCUT2D eigenvalue weighted by molar-refractivity contribution is -0.530. The van der Waals surface area contributed by atoms with Crippen LogP contribution < -0.4 is 5.32 Å². The van der Waals surface area contributed by atoms with E-state index in [4.69, 9.17) is 5.11 Å². The van der Waals surface area contributed by atoms with Crippen molar-refractivity contribution in [2.75, 3.05) is 5.75 Å². The van der Waals surface area contributed by atoms with Gasteiger partial charge in [0.2, 0.25) is 0 Å². The predicted molar refractivity (Wildman–Crippen MR) is 123 cm³/mol. The van der Waals surface area contributed by atoms with Gasteiger partial charge in [-0.25, -0.2) is 9.53 Å². The Morgan fingerprint density at radius 3 is 2.27 bits per heavy atom. The Hall–Kier alpha value is -3.06. The molecule has 0 heterocycles. The highest BCUT2D eigenvalue weighted by atomic mass is 32.1. The van der Waals surface area contributed by atoms with Gasteiger partial charge in [-0.15, -0.1) is 0 Å². The number of thiol groups is 1. The number of aliphatic carboxylic acids is 1. The van der Waals surface area contributed by atoms with E-state index < -0.39 is 23.5 Å². The Morgan fingerprint density at radius 1 is 1.07 bits per heavy atom. The number of carboxylic acids is 1. The first-order valence-electron chi connectivity index (χ1n) is 9.52. The minimum atomic E-state index is -1.13. The molecule has 0 bridgehead atoms. The van der Waals surface area contributed by atoms with Gasteiger partial charge in [0, 0.05) is 37.7 Å². The van der Waals surface area contributed by atoms with E-state index in [2.05, 4.69) is 17.9 Å². The Labute approximate surface area is 180 Å². The SMILES string of the molecule is CC(C)(C)/[N+]([O-])=C/c1ccc2cc3ccc(C(=O)NC(CS)C(=O)O)cc3cc2c1. The molecule has 30 heavy (non-hydrogen) atoms. The highest BCUT2D eigenvalue weighted by Gasteiger charge is 2.19. The number of fused-ring (bicyclic) bond motifs is 2. The van der Waals surface area contributed by atoms with E-state index in [9.17, 15) is 14.8 Å². The number of hydrogen-bond donors (Lipinski definition) is 3. The summed E-state index contributed by atoms with van der Waals surface area (Å²) in [6.07, 6.45) is 1.57. The second-order valence-electron chi connectivity index (χ2n) is 8.19. The van der Waals surface area contributed by atoms with Crippen molar-refractivity contribution in [1.29, 1.82) is 0 Å². The van der Waals surface area contributed by atoms with Crippen molar-refractivity contribution in [3.05, 3.63) is 64.9 Å². The van der Waals surface area contributed by atoms with Crippen molar-refractivity contribution in [2.24, 2.45) is 0 Å². The van der Waals surface area contributed by atoms with Crippen LogP contribution in [0, 0.1) is 5.21 Å². The van der Waals surface area contributed by atoms with Crippen LogP contribution in [0.15, 0.2) is 48.5 Å². The summed E-state index contributed by atoms with van der Waals surface area (Å²) in [4.78, 5) is 23.6. The smallest absolute Gasteiger partial charge is 0.327 e. The Bertz CT molecular complexity index is 1170. The lowest BCUT2D eigenvalue weighted by atomic mass is 10.00. The summed E-state index contributed by atoms with van der Waals surface area (Å²) in [5.74, 6) is -1.59. The molecule has 0 aliphatic rings. The minimum absolute atomic E-state index is 0.00384. The summed E-state index contributed by atoms with van der Waals surface area (Å²) >= 11 is 3.97. The van der Waals surface area contributed by atoms with Crippen molar-refractivity contribution < 1.29 is 19.4 Å². The number of carboxylic acid groups (broad SMARTS) is 1. The van der Waals surface area contributed by atoms with Gasteiger partial charge < -0.3 is 15.6 Å². The molecule has 0 aliphatic carbocycles. The quantitative estimate of drug-likeness (QED) is 0.145. The zero-order valence-corrected chi connectivity index (χ0v) is 17.9. The molecule has 3 aromatic rings. The highest BCUT2D eigenvalue weighted by Crippen LogP contribution is 2.25.